The van der Waals surface area contributed by atoms with Gasteiger partial charge in [-0.3, -0.25) is 0 Å². The molecule has 0 bridgehead atoms. The zero-order chi connectivity index (χ0) is 36.3. The van der Waals surface area contributed by atoms with Crippen molar-refractivity contribution in [3.63, 3.8) is 0 Å². The Morgan fingerprint density at radius 3 is 2.49 bits per heavy atom. The highest BCUT2D eigenvalue weighted by molar-refractivity contribution is 8.01. The molecule has 2 aliphatic heterocycles. The third-order valence-electron chi connectivity index (χ3n) is 13.8. The predicted octanol–water partition coefficient (Wildman–Crippen LogP) is 12.4. The van der Waals surface area contributed by atoms with Crippen LogP contribution >= 0.6 is 11.8 Å². The Kier molecular flexibility index (Phi) is 8.76. The van der Waals surface area contributed by atoms with Crippen molar-refractivity contribution in [2.75, 3.05) is 0 Å². The van der Waals surface area contributed by atoms with E-state index >= 15 is 0 Å². The van der Waals surface area contributed by atoms with E-state index < -0.39 is 0 Å². The normalized spacial score (nSPS) is 35.0. The molecular weight excluding hydrogens is 687 g/mol. The van der Waals surface area contributed by atoms with Crippen molar-refractivity contribution >= 4 is 11.8 Å². The molecule has 9 aliphatic carbocycles. The SMILES string of the molecule is C1=CCC(C2=CCCC3=C2OC2C=CC(C4C=CC(N(C5=CC=C(C6=CC7=C(C=CCC7)CC6)CC5)C5C=CC=C6C7C=CC=CC7SC65)=CC4)=CC32)C=C1. The van der Waals surface area contributed by atoms with Crippen LogP contribution in [0.15, 0.2) is 201 Å². The quantitative estimate of drug-likeness (QED) is 0.269. The number of hydrogen-bond acceptors (Lipinski definition) is 3. The minimum absolute atomic E-state index is 0.129. The molecule has 276 valence electrons. The molecule has 11 rings (SSSR count). The van der Waals surface area contributed by atoms with Crippen molar-refractivity contribution in [3.05, 3.63) is 201 Å². The summed E-state index contributed by atoms with van der Waals surface area (Å²) in [5, 5.41) is 0.970. The van der Waals surface area contributed by atoms with E-state index in [1.54, 1.807) is 27.9 Å². The summed E-state index contributed by atoms with van der Waals surface area (Å²) in [7, 11) is 0. The number of hydrogen-bond donors (Lipinski definition) is 0. The van der Waals surface area contributed by atoms with Gasteiger partial charge in [0.1, 0.15) is 11.9 Å². The van der Waals surface area contributed by atoms with Gasteiger partial charge in [0, 0.05) is 40.3 Å². The van der Waals surface area contributed by atoms with Gasteiger partial charge in [-0.1, -0.05) is 122 Å². The summed E-state index contributed by atoms with van der Waals surface area (Å²) in [6.45, 7) is 0. The fraction of sp³-hybridized carbons (Fsp3) is 0.346. The third kappa shape index (κ3) is 6.09. The van der Waals surface area contributed by atoms with E-state index in [4.69, 9.17) is 4.74 Å². The van der Waals surface area contributed by atoms with Gasteiger partial charge < -0.3 is 9.64 Å². The maximum atomic E-state index is 6.74. The fourth-order valence-electron chi connectivity index (χ4n) is 11.0. The van der Waals surface area contributed by atoms with Crippen molar-refractivity contribution in [2.45, 2.75) is 86.9 Å². The summed E-state index contributed by atoms with van der Waals surface area (Å²) in [4.78, 5) is 2.74. The Morgan fingerprint density at radius 1 is 0.655 bits per heavy atom. The molecule has 2 nitrogen and oxygen atoms in total. The number of rotatable bonds is 6. The van der Waals surface area contributed by atoms with E-state index in [9.17, 15) is 0 Å². The van der Waals surface area contributed by atoms with Crippen molar-refractivity contribution in [1.82, 2.24) is 4.90 Å². The van der Waals surface area contributed by atoms with E-state index in [-0.39, 0.29) is 6.10 Å². The predicted molar refractivity (Wildman–Crippen MR) is 230 cm³/mol. The maximum Gasteiger partial charge on any atom is 0.127 e. The zero-order valence-electron chi connectivity index (χ0n) is 31.7. The second-order valence-electron chi connectivity index (χ2n) is 16.9. The number of nitrogens with zero attached hydrogens (tertiary/aromatic N) is 1. The molecule has 0 aromatic heterocycles. The first-order chi connectivity index (χ1) is 27.2. The monoisotopic (exact) mass is 737 g/mol. The molecule has 0 N–H and O–H groups in total. The molecule has 2 heterocycles. The largest absolute Gasteiger partial charge is 0.485 e. The van der Waals surface area contributed by atoms with Gasteiger partial charge >= 0.3 is 0 Å². The molecule has 0 spiro atoms. The first kappa shape index (κ1) is 33.8. The lowest BCUT2D eigenvalue weighted by Gasteiger charge is -2.41. The minimum atomic E-state index is 0.129. The molecular formula is C52H51NOS. The van der Waals surface area contributed by atoms with Crippen LogP contribution in [-0.2, 0) is 4.74 Å². The van der Waals surface area contributed by atoms with Crippen LogP contribution in [0.1, 0.15) is 64.2 Å². The van der Waals surface area contributed by atoms with Gasteiger partial charge in [-0.25, -0.2) is 0 Å². The van der Waals surface area contributed by atoms with E-state index in [2.05, 4.69) is 156 Å². The average Bonchev–Trinajstić information content (AvgIpc) is 3.83. The van der Waals surface area contributed by atoms with Gasteiger partial charge in [0.2, 0.25) is 0 Å². The Hall–Kier alpha value is -4.47. The summed E-state index contributed by atoms with van der Waals surface area (Å²) < 4.78 is 6.74. The minimum Gasteiger partial charge on any atom is -0.485 e. The van der Waals surface area contributed by atoms with Crippen molar-refractivity contribution in [2.24, 2.45) is 23.7 Å². The maximum absolute atomic E-state index is 6.74. The second-order valence-corrected chi connectivity index (χ2v) is 18.2. The first-order valence-electron chi connectivity index (χ1n) is 21.1. The Balaban J connectivity index is 0.875. The molecule has 0 saturated carbocycles. The number of ether oxygens (including phenoxy) is 1. The van der Waals surface area contributed by atoms with Gasteiger partial charge in [-0.05, 0) is 127 Å². The van der Waals surface area contributed by atoms with Crippen LogP contribution in [0.25, 0.3) is 0 Å². The highest BCUT2D eigenvalue weighted by Crippen LogP contribution is 2.52. The van der Waals surface area contributed by atoms with Crippen LogP contribution in [-0.4, -0.2) is 27.5 Å². The van der Waals surface area contributed by atoms with Crippen LogP contribution in [0.2, 0.25) is 0 Å². The zero-order valence-corrected chi connectivity index (χ0v) is 32.5. The highest BCUT2D eigenvalue weighted by Gasteiger charge is 2.45. The molecule has 0 aromatic carbocycles. The molecule has 55 heavy (non-hydrogen) atoms. The molecule has 1 fully saturated rings. The van der Waals surface area contributed by atoms with E-state index in [1.165, 1.54) is 59.6 Å². The molecule has 1 saturated heterocycles. The first-order valence-corrected chi connectivity index (χ1v) is 22.1. The Labute approximate surface area is 332 Å². The lowest BCUT2D eigenvalue weighted by Crippen LogP contribution is -2.41. The standard InChI is InChI=1S/C52H51NOS/c1-2-11-37(12-3-1)43-15-8-16-45-47-33-40(26-31-49(47)54-51(43)45)36-24-29-42(30-25-36)53(48-18-9-17-46-44-14-6-7-19-50(44)55-52(46)48)41-27-22-35(23-28-41)39-21-20-34-10-4-5-13-38(34)32-39/h1-4,6-7,9-11,14-15,17-19,22,24,26-27,29-33,36-37,44,47-50,52H,5,8,12-13,16,20-21,23,25,28H2. The lowest BCUT2D eigenvalue weighted by molar-refractivity contribution is 0.167. The third-order valence-corrected chi connectivity index (χ3v) is 15.4. The van der Waals surface area contributed by atoms with Crippen LogP contribution in [0, 0.1) is 23.7 Å². The summed E-state index contributed by atoms with van der Waals surface area (Å²) in [6, 6.07) is 0.292. The van der Waals surface area contributed by atoms with Gasteiger partial charge in [0.05, 0.1) is 11.3 Å². The van der Waals surface area contributed by atoms with E-state index in [1.807, 2.05) is 0 Å². The molecule has 0 radical (unpaired) electrons. The van der Waals surface area contributed by atoms with Crippen molar-refractivity contribution in [1.29, 1.82) is 0 Å². The number of thioether (sulfide) groups is 1. The lowest BCUT2D eigenvalue weighted by atomic mass is 9.78. The van der Waals surface area contributed by atoms with Gasteiger partial charge in [-0.15, -0.1) is 11.8 Å². The molecule has 8 unspecified atom stereocenters. The van der Waals surface area contributed by atoms with Gasteiger partial charge in [0.15, 0.2) is 0 Å². The molecule has 8 atom stereocenters. The van der Waals surface area contributed by atoms with E-state index in [0.717, 1.165) is 38.5 Å². The Morgan fingerprint density at radius 2 is 1.60 bits per heavy atom. The van der Waals surface area contributed by atoms with Crippen LogP contribution in [0.4, 0.5) is 0 Å². The summed E-state index contributed by atoms with van der Waals surface area (Å²) >= 11 is 2.17. The highest BCUT2D eigenvalue weighted by atomic mass is 32.2. The van der Waals surface area contributed by atoms with Crippen LogP contribution in [0.5, 0.6) is 0 Å². The summed E-state index contributed by atoms with van der Waals surface area (Å²) in [5.74, 6) is 2.87. The summed E-state index contributed by atoms with van der Waals surface area (Å²) in [5.41, 5.74) is 15.1. The van der Waals surface area contributed by atoms with Crippen LogP contribution in [0.3, 0.4) is 0 Å². The number of allylic oxidation sites excluding steroid dienone is 26. The van der Waals surface area contributed by atoms with Gasteiger partial charge in [-0.2, -0.15) is 0 Å². The molecule has 0 amide bonds. The fourth-order valence-corrected chi connectivity index (χ4v) is 12.7. The van der Waals surface area contributed by atoms with Crippen molar-refractivity contribution in [3.8, 4) is 0 Å². The smallest absolute Gasteiger partial charge is 0.127 e. The molecule has 11 aliphatic rings. The average molecular weight is 738 g/mol. The Bertz CT molecular complexity index is 2220. The molecule has 3 heteroatoms. The van der Waals surface area contributed by atoms with Crippen LogP contribution < -0.4 is 0 Å². The van der Waals surface area contributed by atoms with Crippen molar-refractivity contribution < 1.29 is 4.74 Å². The van der Waals surface area contributed by atoms with Gasteiger partial charge in [0.25, 0.3) is 0 Å². The molecule has 0 aromatic rings. The number of fused-ring (bicyclic) bond motifs is 5. The second kappa shape index (κ2) is 14.2. The summed E-state index contributed by atoms with van der Waals surface area (Å²) in [6.07, 6.45) is 66.5. The van der Waals surface area contributed by atoms with E-state index in [0.29, 0.717) is 40.2 Å². The topological polar surface area (TPSA) is 12.5 Å².